The Morgan fingerprint density at radius 2 is 1.80 bits per heavy atom. The summed E-state index contributed by atoms with van der Waals surface area (Å²) >= 11 is 0. The average Bonchev–Trinajstić information content (AvgIpc) is 3.40. The number of nitrogens with zero attached hydrogens (tertiary/aromatic N) is 3. The fourth-order valence-corrected chi connectivity index (χ4v) is 4.10. The third-order valence-electron chi connectivity index (χ3n) is 5.69. The van der Waals surface area contributed by atoms with E-state index in [0.717, 1.165) is 30.4 Å². The van der Waals surface area contributed by atoms with Gasteiger partial charge in [-0.25, -0.2) is 4.79 Å². The van der Waals surface area contributed by atoms with Gasteiger partial charge in [-0.2, -0.15) is 0 Å². The quantitative estimate of drug-likeness (QED) is 0.855. The molecule has 0 spiro atoms. The van der Waals surface area contributed by atoms with Crippen LogP contribution in [0.1, 0.15) is 61.3 Å². The highest BCUT2D eigenvalue weighted by Crippen LogP contribution is 2.33. The summed E-state index contributed by atoms with van der Waals surface area (Å²) in [4.78, 5) is 27.1. The van der Waals surface area contributed by atoms with Crippen molar-refractivity contribution >= 4 is 16.9 Å². The number of imidazole rings is 1. The van der Waals surface area contributed by atoms with E-state index in [0.29, 0.717) is 17.5 Å². The van der Waals surface area contributed by atoms with Crippen molar-refractivity contribution in [1.82, 2.24) is 14.0 Å². The summed E-state index contributed by atoms with van der Waals surface area (Å²) in [5.74, 6) is 0.606. The zero-order valence-electron chi connectivity index (χ0n) is 15.2. The van der Waals surface area contributed by atoms with Gasteiger partial charge in [0.2, 0.25) is 0 Å². The molecular formula is C20H27N3O2. The van der Waals surface area contributed by atoms with E-state index < -0.39 is 0 Å². The van der Waals surface area contributed by atoms with Crippen LogP contribution in [-0.2, 0) is 6.54 Å². The molecule has 2 aliphatic carbocycles. The largest absolute Gasteiger partial charge is 0.345 e. The Labute approximate surface area is 148 Å². The Balaban J connectivity index is 1.85. The monoisotopic (exact) mass is 341 g/mol. The number of rotatable bonds is 4. The lowest BCUT2D eigenvalue weighted by Crippen LogP contribution is -2.29. The second kappa shape index (κ2) is 6.36. The van der Waals surface area contributed by atoms with Gasteiger partial charge >= 0.3 is 5.69 Å². The van der Waals surface area contributed by atoms with Crippen molar-refractivity contribution in [2.24, 2.45) is 5.92 Å². The summed E-state index contributed by atoms with van der Waals surface area (Å²) in [7, 11) is 3.52. The molecule has 5 nitrogen and oxygen atoms in total. The number of amides is 1. The van der Waals surface area contributed by atoms with Crippen LogP contribution in [0, 0.1) is 5.92 Å². The highest BCUT2D eigenvalue weighted by Gasteiger charge is 2.27. The molecule has 2 aliphatic rings. The van der Waals surface area contributed by atoms with Crippen LogP contribution in [0.4, 0.5) is 0 Å². The Morgan fingerprint density at radius 3 is 2.44 bits per heavy atom. The molecule has 0 N–H and O–H groups in total. The van der Waals surface area contributed by atoms with Crippen LogP contribution < -0.4 is 5.69 Å². The number of carbonyl (C=O) groups is 1. The normalized spacial score (nSPS) is 18.6. The average molecular weight is 341 g/mol. The third kappa shape index (κ3) is 3.00. The molecule has 1 heterocycles. The summed E-state index contributed by atoms with van der Waals surface area (Å²) in [5.41, 5.74) is 2.69. The first-order chi connectivity index (χ1) is 12.1. The van der Waals surface area contributed by atoms with Crippen molar-refractivity contribution in [3.05, 3.63) is 34.2 Å². The highest BCUT2D eigenvalue weighted by atomic mass is 16.2. The molecule has 1 aromatic heterocycles. The zero-order chi connectivity index (χ0) is 17.6. The minimum atomic E-state index is -0.0160. The first kappa shape index (κ1) is 16.4. The Morgan fingerprint density at radius 1 is 1.08 bits per heavy atom. The van der Waals surface area contributed by atoms with Gasteiger partial charge in [0.05, 0.1) is 11.0 Å². The molecule has 5 heteroatoms. The van der Waals surface area contributed by atoms with Crippen LogP contribution in [0.2, 0.25) is 0 Å². The Bertz CT molecular complexity index is 852. The first-order valence-corrected chi connectivity index (χ1v) is 9.52. The van der Waals surface area contributed by atoms with E-state index in [9.17, 15) is 9.59 Å². The van der Waals surface area contributed by atoms with Crippen LogP contribution in [-0.4, -0.2) is 34.0 Å². The van der Waals surface area contributed by atoms with Gasteiger partial charge in [-0.3, -0.25) is 13.9 Å². The number of hydrogen-bond donors (Lipinski definition) is 0. The predicted octanol–water partition coefficient (Wildman–Crippen LogP) is 3.42. The molecule has 2 saturated carbocycles. The van der Waals surface area contributed by atoms with E-state index >= 15 is 0 Å². The van der Waals surface area contributed by atoms with Gasteiger partial charge in [0.15, 0.2) is 0 Å². The lowest BCUT2D eigenvalue weighted by atomic mass is 9.95. The Hall–Kier alpha value is -2.04. The fraction of sp³-hybridized carbons (Fsp3) is 0.600. The molecule has 2 aromatic rings. The number of benzene rings is 1. The number of aromatic nitrogens is 2. The van der Waals surface area contributed by atoms with Crippen molar-refractivity contribution in [2.45, 2.75) is 57.5 Å². The maximum atomic E-state index is 13.2. The van der Waals surface area contributed by atoms with Gasteiger partial charge in [0.1, 0.15) is 0 Å². The molecule has 2 fully saturated rings. The molecule has 0 unspecified atom stereocenters. The van der Waals surface area contributed by atoms with E-state index in [1.54, 1.807) is 19.0 Å². The van der Waals surface area contributed by atoms with Crippen LogP contribution in [0.3, 0.4) is 0 Å². The molecule has 1 amide bonds. The van der Waals surface area contributed by atoms with E-state index in [2.05, 4.69) is 0 Å². The van der Waals surface area contributed by atoms with Gasteiger partial charge in [-0.1, -0.05) is 19.3 Å². The molecule has 0 atom stereocenters. The maximum absolute atomic E-state index is 13.2. The second-order valence-corrected chi connectivity index (χ2v) is 7.90. The molecular weight excluding hydrogens is 314 g/mol. The van der Waals surface area contributed by atoms with Gasteiger partial charge in [0.25, 0.3) is 5.91 Å². The van der Waals surface area contributed by atoms with Crippen molar-refractivity contribution in [3.63, 3.8) is 0 Å². The predicted molar refractivity (Wildman–Crippen MR) is 99.1 cm³/mol. The van der Waals surface area contributed by atoms with Crippen molar-refractivity contribution in [1.29, 1.82) is 0 Å². The number of hydrogen-bond acceptors (Lipinski definition) is 2. The highest BCUT2D eigenvalue weighted by molar-refractivity contribution is 5.97. The van der Waals surface area contributed by atoms with Crippen molar-refractivity contribution in [3.8, 4) is 0 Å². The summed E-state index contributed by atoms with van der Waals surface area (Å²) in [5, 5.41) is 0. The summed E-state index contributed by atoms with van der Waals surface area (Å²) in [6.07, 6.45) is 8.25. The molecule has 1 aromatic carbocycles. The van der Waals surface area contributed by atoms with Gasteiger partial charge < -0.3 is 4.90 Å². The Kier molecular flexibility index (Phi) is 4.18. The van der Waals surface area contributed by atoms with Gasteiger partial charge in [-0.05, 0) is 49.8 Å². The minimum absolute atomic E-state index is 0.0160. The molecule has 0 aliphatic heterocycles. The molecule has 0 radical (unpaired) electrons. The van der Waals surface area contributed by atoms with Gasteiger partial charge in [-0.15, -0.1) is 0 Å². The molecule has 4 rings (SSSR count). The summed E-state index contributed by atoms with van der Waals surface area (Å²) < 4.78 is 3.94. The second-order valence-electron chi connectivity index (χ2n) is 7.90. The standard InChI is InChI=1S/C20H27N3O2/c1-21(2)19(24)15-10-11-17-18(12-15)22(13-14-8-9-14)20(25)23(17)16-6-4-3-5-7-16/h10-12,14,16H,3-9,13H2,1-2H3. The van der Waals surface area contributed by atoms with E-state index in [1.165, 1.54) is 32.1 Å². The van der Waals surface area contributed by atoms with Crippen molar-refractivity contribution in [2.75, 3.05) is 14.1 Å². The number of fused-ring (bicyclic) bond motifs is 1. The summed E-state index contributed by atoms with van der Waals surface area (Å²) in [6, 6.07) is 6.07. The zero-order valence-corrected chi connectivity index (χ0v) is 15.2. The SMILES string of the molecule is CN(C)C(=O)c1ccc2c(c1)n(CC1CC1)c(=O)n2C1CCCCC1. The number of carbonyl (C=O) groups excluding carboxylic acids is 1. The maximum Gasteiger partial charge on any atom is 0.329 e. The molecule has 0 bridgehead atoms. The van der Waals surface area contributed by atoms with Crippen LogP contribution in [0.5, 0.6) is 0 Å². The lowest BCUT2D eigenvalue weighted by Gasteiger charge is -2.23. The minimum Gasteiger partial charge on any atom is -0.345 e. The van der Waals surface area contributed by atoms with Gasteiger partial charge in [0, 0.05) is 32.2 Å². The molecule has 0 saturated heterocycles. The smallest absolute Gasteiger partial charge is 0.329 e. The van der Waals surface area contributed by atoms with E-state index in [-0.39, 0.29) is 11.6 Å². The van der Waals surface area contributed by atoms with E-state index in [4.69, 9.17) is 0 Å². The lowest BCUT2D eigenvalue weighted by molar-refractivity contribution is 0.0827. The third-order valence-corrected chi connectivity index (χ3v) is 5.69. The summed E-state index contributed by atoms with van der Waals surface area (Å²) in [6.45, 7) is 0.786. The fourth-order valence-electron chi connectivity index (χ4n) is 4.10. The van der Waals surface area contributed by atoms with Crippen LogP contribution in [0.15, 0.2) is 23.0 Å². The first-order valence-electron chi connectivity index (χ1n) is 9.52. The van der Waals surface area contributed by atoms with E-state index in [1.807, 2.05) is 27.3 Å². The topological polar surface area (TPSA) is 47.2 Å². The molecule has 25 heavy (non-hydrogen) atoms. The molecule has 134 valence electrons. The van der Waals surface area contributed by atoms with Crippen molar-refractivity contribution < 1.29 is 4.79 Å². The van der Waals surface area contributed by atoms with Crippen LogP contribution >= 0.6 is 0 Å². The van der Waals surface area contributed by atoms with Crippen LogP contribution in [0.25, 0.3) is 11.0 Å².